The Bertz CT molecular complexity index is 894. The molecule has 1 aromatic carbocycles. The number of hydrogen-bond acceptors (Lipinski definition) is 4. The van der Waals surface area contributed by atoms with Crippen LogP contribution in [0.3, 0.4) is 0 Å². The van der Waals surface area contributed by atoms with Crippen LogP contribution in [-0.2, 0) is 27.2 Å². The number of carbonyl (C=O) groups is 2. The topological polar surface area (TPSA) is 76.3 Å². The van der Waals surface area contributed by atoms with Crippen molar-refractivity contribution in [2.45, 2.75) is 13.1 Å². The highest BCUT2D eigenvalue weighted by atomic mass is 16.2. The summed E-state index contributed by atoms with van der Waals surface area (Å²) in [5.41, 5.74) is 3.00. The molecule has 0 N–H and O–H groups in total. The molecule has 8 heteroatoms. The van der Waals surface area contributed by atoms with Crippen molar-refractivity contribution < 1.29 is 9.59 Å². The lowest BCUT2D eigenvalue weighted by atomic mass is 10.1. The largest absolute Gasteiger partial charge is 0.337 e. The minimum absolute atomic E-state index is 0.105. The van der Waals surface area contributed by atoms with Gasteiger partial charge < -0.3 is 9.80 Å². The first-order valence-electron chi connectivity index (χ1n) is 8.89. The quantitative estimate of drug-likeness (QED) is 0.652. The Hall–Kier alpha value is -3.42. The molecule has 3 rings (SSSR count). The van der Waals surface area contributed by atoms with Gasteiger partial charge in [-0.3, -0.25) is 19.0 Å². The molecule has 2 heterocycles. The second-order valence-electron chi connectivity index (χ2n) is 6.94. The molecule has 0 saturated carbocycles. The second-order valence-corrected chi connectivity index (χ2v) is 6.94. The molecule has 2 amide bonds. The highest BCUT2D eigenvalue weighted by molar-refractivity contribution is 5.97. The van der Waals surface area contributed by atoms with Crippen LogP contribution in [-0.4, -0.2) is 55.3 Å². The van der Waals surface area contributed by atoms with Gasteiger partial charge in [-0.2, -0.15) is 10.2 Å². The van der Waals surface area contributed by atoms with E-state index in [0.29, 0.717) is 24.2 Å². The van der Waals surface area contributed by atoms with E-state index in [9.17, 15) is 9.59 Å². The summed E-state index contributed by atoms with van der Waals surface area (Å²) in [4.78, 5) is 28.5. The van der Waals surface area contributed by atoms with Crippen LogP contribution in [0.1, 0.15) is 31.8 Å². The van der Waals surface area contributed by atoms with Crippen molar-refractivity contribution in [2.75, 3.05) is 14.1 Å². The zero-order valence-corrected chi connectivity index (χ0v) is 16.5. The molecule has 0 saturated heterocycles. The number of hydrogen-bond donors (Lipinski definition) is 0. The zero-order chi connectivity index (χ0) is 20.3. The highest BCUT2D eigenvalue weighted by Gasteiger charge is 2.16. The van der Waals surface area contributed by atoms with E-state index in [4.69, 9.17) is 0 Å². The van der Waals surface area contributed by atoms with Crippen molar-refractivity contribution in [2.24, 2.45) is 14.1 Å². The average Bonchev–Trinajstić information content (AvgIpc) is 3.28. The summed E-state index contributed by atoms with van der Waals surface area (Å²) < 4.78 is 3.41. The van der Waals surface area contributed by atoms with Gasteiger partial charge in [0.2, 0.25) is 0 Å². The van der Waals surface area contributed by atoms with Crippen molar-refractivity contribution in [1.82, 2.24) is 29.4 Å². The van der Waals surface area contributed by atoms with Crippen LogP contribution in [0, 0.1) is 0 Å². The van der Waals surface area contributed by atoms with Crippen molar-refractivity contribution in [3.05, 3.63) is 71.3 Å². The maximum atomic E-state index is 12.6. The lowest BCUT2D eigenvalue weighted by molar-refractivity contribution is 0.0773. The Morgan fingerprint density at radius 3 is 1.43 bits per heavy atom. The average molecular weight is 380 g/mol. The van der Waals surface area contributed by atoms with Gasteiger partial charge in [0.05, 0.1) is 12.4 Å². The SMILES string of the molecule is CN(Cc1cnn(C)c1)C(=O)c1ccc(C(=O)N(C)Cc2cnn(C)c2)cc1. The first-order chi connectivity index (χ1) is 13.3. The van der Waals surface area contributed by atoms with Crippen LogP contribution < -0.4 is 0 Å². The van der Waals surface area contributed by atoms with E-state index in [1.54, 1.807) is 69.9 Å². The van der Waals surface area contributed by atoms with Gasteiger partial charge in [0, 0.05) is 75.9 Å². The first kappa shape index (κ1) is 19.3. The summed E-state index contributed by atoms with van der Waals surface area (Å²) in [5, 5.41) is 8.22. The van der Waals surface area contributed by atoms with E-state index < -0.39 is 0 Å². The van der Waals surface area contributed by atoms with Crippen LogP contribution in [0.4, 0.5) is 0 Å². The van der Waals surface area contributed by atoms with Crippen LogP contribution in [0.2, 0.25) is 0 Å². The zero-order valence-electron chi connectivity index (χ0n) is 16.5. The molecule has 0 atom stereocenters. The van der Waals surface area contributed by atoms with Gasteiger partial charge >= 0.3 is 0 Å². The van der Waals surface area contributed by atoms with Gasteiger partial charge in [-0.1, -0.05) is 0 Å². The molecule has 0 aliphatic heterocycles. The number of amides is 2. The fraction of sp³-hybridized carbons (Fsp3) is 0.300. The number of benzene rings is 1. The molecule has 8 nitrogen and oxygen atoms in total. The molecule has 0 aliphatic carbocycles. The third-order valence-electron chi connectivity index (χ3n) is 4.43. The Morgan fingerprint density at radius 1 is 0.786 bits per heavy atom. The van der Waals surface area contributed by atoms with Gasteiger partial charge in [-0.15, -0.1) is 0 Å². The molecular formula is C20H24N6O2. The van der Waals surface area contributed by atoms with Crippen LogP contribution >= 0.6 is 0 Å². The molecule has 0 fully saturated rings. The monoisotopic (exact) mass is 380 g/mol. The summed E-state index contributed by atoms with van der Waals surface area (Å²) in [7, 11) is 7.17. The van der Waals surface area contributed by atoms with E-state index in [1.165, 1.54) is 0 Å². The smallest absolute Gasteiger partial charge is 0.253 e. The molecule has 0 spiro atoms. The van der Waals surface area contributed by atoms with Crippen molar-refractivity contribution in [3.63, 3.8) is 0 Å². The molecule has 0 bridgehead atoms. The van der Waals surface area contributed by atoms with E-state index in [-0.39, 0.29) is 11.8 Å². The van der Waals surface area contributed by atoms with Crippen molar-refractivity contribution >= 4 is 11.8 Å². The Labute approximate surface area is 164 Å². The fourth-order valence-corrected chi connectivity index (χ4v) is 2.99. The lowest BCUT2D eigenvalue weighted by Crippen LogP contribution is -2.27. The minimum atomic E-state index is -0.105. The van der Waals surface area contributed by atoms with Crippen LogP contribution in [0.15, 0.2) is 49.1 Å². The van der Waals surface area contributed by atoms with Gasteiger partial charge in [0.15, 0.2) is 0 Å². The summed E-state index contributed by atoms with van der Waals surface area (Å²) in [6, 6.07) is 6.75. The summed E-state index contributed by atoms with van der Waals surface area (Å²) in [6.45, 7) is 0.947. The lowest BCUT2D eigenvalue weighted by Gasteiger charge is -2.18. The van der Waals surface area contributed by atoms with E-state index >= 15 is 0 Å². The third kappa shape index (κ3) is 4.46. The first-order valence-corrected chi connectivity index (χ1v) is 8.89. The summed E-state index contributed by atoms with van der Waals surface area (Å²) >= 11 is 0. The van der Waals surface area contributed by atoms with Crippen LogP contribution in [0.5, 0.6) is 0 Å². The van der Waals surface area contributed by atoms with Gasteiger partial charge in [0.1, 0.15) is 0 Å². The number of aryl methyl sites for hydroxylation is 2. The molecule has 28 heavy (non-hydrogen) atoms. The predicted octanol–water partition coefficient (Wildman–Crippen LogP) is 1.70. The second kappa shape index (κ2) is 8.08. The Balaban J connectivity index is 1.63. The number of aromatic nitrogens is 4. The maximum Gasteiger partial charge on any atom is 0.253 e. The summed E-state index contributed by atoms with van der Waals surface area (Å²) in [6.07, 6.45) is 7.24. The normalized spacial score (nSPS) is 10.7. The van der Waals surface area contributed by atoms with E-state index in [0.717, 1.165) is 11.1 Å². The minimum Gasteiger partial charge on any atom is -0.337 e. The van der Waals surface area contributed by atoms with Crippen LogP contribution in [0.25, 0.3) is 0 Å². The van der Waals surface area contributed by atoms with Gasteiger partial charge in [0.25, 0.3) is 11.8 Å². The molecule has 3 aromatic rings. The number of nitrogens with zero attached hydrogens (tertiary/aromatic N) is 6. The molecule has 0 aliphatic rings. The van der Waals surface area contributed by atoms with Gasteiger partial charge in [-0.25, -0.2) is 0 Å². The summed E-state index contributed by atoms with van der Waals surface area (Å²) in [5.74, 6) is -0.210. The van der Waals surface area contributed by atoms with Gasteiger partial charge in [-0.05, 0) is 24.3 Å². The predicted molar refractivity (Wildman–Crippen MR) is 104 cm³/mol. The van der Waals surface area contributed by atoms with Crippen molar-refractivity contribution in [1.29, 1.82) is 0 Å². The third-order valence-corrected chi connectivity index (χ3v) is 4.43. The number of carbonyl (C=O) groups excluding carboxylic acids is 2. The Kier molecular flexibility index (Phi) is 5.58. The highest BCUT2D eigenvalue weighted by Crippen LogP contribution is 2.12. The standard InChI is InChI=1S/C20H24N6O2/c1-23(11-15-9-21-25(3)13-15)19(27)17-5-7-18(8-6-17)20(28)24(2)12-16-10-22-26(4)14-16/h5-10,13-14H,11-12H2,1-4H3. The molecule has 2 aromatic heterocycles. The van der Waals surface area contributed by atoms with Crippen molar-refractivity contribution in [3.8, 4) is 0 Å². The Morgan fingerprint density at radius 2 is 1.14 bits per heavy atom. The molecule has 146 valence electrons. The molecule has 0 radical (unpaired) electrons. The maximum absolute atomic E-state index is 12.6. The molecular weight excluding hydrogens is 356 g/mol. The molecule has 0 unspecified atom stereocenters. The number of rotatable bonds is 6. The van der Waals surface area contributed by atoms with E-state index in [1.807, 2.05) is 26.5 Å². The fourth-order valence-electron chi connectivity index (χ4n) is 2.99. The van der Waals surface area contributed by atoms with E-state index in [2.05, 4.69) is 10.2 Å².